The maximum absolute atomic E-state index is 15.1. The van der Waals surface area contributed by atoms with Gasteiger partial charge in [0.2, 0.25) is 0 Å². The third kappa shape index (κ3) is 8.31. The molecule has 180 valence electrons. The summed E-state index contributed by atoms with van der Waals surface area (Å²) in [5.74, 6) is -1.37. The van der Waals surface area contributed by atoms with Crippen molar-refractivity contribution in [3.05, 3.63) is 71.4 Å². The Bertz CT molecular complexity index is 770. The Balaban J connectivity index is 3.00. The summed E-state index contributed by atoms with van der Waals surface area (Å²) in [4.78, 5) is 2.28. The Morgan fingerprint density at radius 1 is 0.969 bits per heavy atom. The molecule has 0 bridgehead atoms. The molecule has 0 N–H and O–H groups in total. The Labute approximate surface area is 196 Å². The van der Waals surface area contributed by atoms with Crippen LogP contribution in [0.25, 0.3) is 0 Å². The number of allylic oxidation sites excluding steroid dienone is 4. The zero-order valence-electron chi connectivity index (χ0n) is 21.4. The molecule has 1 aromatic rings. The first-order chi connectivity index (χ1) is 15.1. The van der Waals surface area contributed by atoms with Crippen LogP contribution in [0.1, 0.15) is 77.8 Å². The number of rotatable bonds is 14. The van der Waals surface area contributed by atoms with E-state index in [2.05, 4.69) is 59.7 Å². The molecule has 0 aromatic heterocycles. The molecule has 0 saturated heterocycles. The van der Waals surface area contributed by atoms with Crippen LogP contribution in [0.5, 0.6) is 0 Å². The minimum atomic E-state index is -0.701. The Kier molecular flexibility index (Phi) is 12.1. The van der Waals surface area contributed by atoms with Gasteiger partial charge in [0, 0.05) is 0 Å². The number of benzene rings is 1. The summed E-state index contributed by atoms with van der Waals surface area (Å²) >= 11 is 0. The third-order valence-corrected chi connectivity index (χ3v) is 6.43. The number of halogens is 2. The molecule has 0 aliphatic rings. The third-order valence-electron chi connectivity index (χ3n) is 6.43. The second-order valence-electron chi connectivity index (χ2n) is 9.99. The molecule has 0 fully saturated rings. The van der Waals surface area contributed by atoms with Crippen LogP contribution >= 0.6 is 0 Å². The van der Waals surface area contributed by atoms with Gasteiger partial charge in [-0.3, -0.25) is 0 Å². The minimum absolute atomic E-state index is 0.0180. The molecule has 1 unspecified atom stereocenters. The van der Waals surface area contributed by atoms with Gasteiger partial charge in [-0.2, -0.15) is 0 Å². The van der Waals surface area contributed by atoms with Crippen LogP contribution in [-0.2, 0) is 12.8 Å². The van der Waals surface area contributed by atoms with Crippen molar-refractivity contribution in [2.45, 2.75) is 79.6 Å². The molecule has 0 spiro atoms. The first-order valence-corrected chi connectivity index (χ1v) is 12.2. The second kappa shape index (κ2) is 13.7. The van der Waals surface area contributed by atoms with E-state index in [0.29, 0.717) is 24.0 Å². The molecule has 0 heterocycles. The fourth-order valence-corrected chi connectivity index (χ4v) is 4.33. The van der Waals surface area contributed by atoms with E-state index in [9.17, 15) is 4.39 Å². The Hall–Kier alpha value is -1.74. The topological polar surface area (TPSA) is 3.24 Å². The number of unbranched alkanes of at least 4 members (excludes halogenated alkanes) is 2. The number of nitrogens with zero attached hydrogens (tertiary/aromatic N) is 1. The summed E-state index contributed by atoms with van der Waals surface area (Å²) < 4.78 is 30.0. The molecular weight excluding hydrogens is 400 g/mol. The molecule has 0 radical (unpaired) electrons. The number of hydrogen-bond donors (Lipinski definition) is 0. The fraction of sp³-hybridized carbons (Fsp3) is 0.586. The predicted molar refractivity (Wildman–Crippen MR) is 136 cm³/mol. The lowest BCUT2D eigenvalue weighted by Gasteiger charge is -2.33. The molecule has 0 saturated carbocycles. The SMILES string of the molecule is C=C/C(CC)=C(/C=C)C(Cc1ccc(CCCN(C)CCCCC)c(F)c1F)C(C)(C)C. The van der Waals surface area contributed by atoms with Crippen molar-refractivity contribution < 1.29 is 8.78 Å². The van der Waals surface area contributed by atoms with E-state index in [1.165, 1.54) is 19.3 Å². The standard InChI is InChI=1S/C29H45F2N/c1-9-13-14-19-32(8)20-15-16-23-17-18-24(28(31)27(23)30)21-26(29(5,6)7)25(12-4)22(10-2)11-3/h10,12,17-18,26H,2,4,9,11,13-16,19-21H2,1,3,5-8H3/b25-22+. The molecule has 1 nitrogen and oxygen atoms in total. The van der Waals surface area contributed by atoms with Crippen molar-refractivity contribution in [2.75, 3.05) is 20.1 Å². The van der Waals surface area contributed by atoms with Gasteiger partial charge in [0.05, 0.1) is 0 Å². The predicted octanol–water partition coefficient (Wildman–Crippen LogP) is 8.30. The lowest BCUT2D eigenvalue weighted by molar-refractivity contribution is 0.277. The highest BCUT2D eigenvalue weighted by atomic mass is 19.2. The van der Waals surface area contributed by atoms with Crippen molar-refractivity contribution >= 4 is 0 Å². The van der Waals surface area contributed by atoms with E-state index in [1.54, 1.807) is 12.1 Å². The molecule has 0 aliphatic heterocycles. The van der Waals surface area contributed by atoms with Gasteiger partial charge < -0.3 is 4.90 Å². The molecule has 1 rings (SSSR count). The van der Waals surface area contributed by atoms with Gasteiger partial charge >= 0.3 is 0 Å². The minimum Gasteiger partial charge on any atom is -0.306 e. The van der Waals surface area contributed by atoms with Crippen LogP contribution in [-0.4, -0.2) is 25.0 Å². The highest BCUT2D eigenvalue weighted by Gasteiger charge is 2.30. The summed E-state index contributed by atoms with van der Waals surface area (Å²) in [5.41, 5.74) is 2.96. The van der Waals surface area contributed by atoms with Crippen molar-refractivity contribution in [3.8, 4) is 0 Å². The molecule has 1 aromatic carbocycles. The van der Waals surface area contributed by atoms with Crippen LogP contribution in [0.15, 0.2) is 48.6 Å². The highest BCUT2D eigenvalue weighted by Crippen LogP contribution is 2.38. The van der Waals surface area contributed by atoms with E-state index in [-0.39, 0.29) is 11.3 Å². The van der Waals surface area contributed by atoms with Gasteiger partial charge in [-0.1, -0.05) is 84.9 Å². The summed E-state index contributed by atoms with van der Waals surface area (Å²) in [7, 11) is 2.10. The fourth-order valence-electron chi connectivity index (χ4n) is 4.33. The Morgan fingerprint density at radius 2 is 1.56 bits per heavy atom. The van der Waals surface area contributed by atoms with Crippen LogP contribution in [0.4, 0.5) is 8.78 Å². The molecule has 0 amide bonds. The first-order valence-electron chi connectivity index (χ1n) is 12.2. The molecule has 3 heteroatoms. The lowest BCUT2D eigenvalue weighted by atomic mass is 9.71. The van der Waals surface area contributed by atoms with Crippen molar-refractivity contribution in [1.82, 2.24) is 4.90 Å². The zero-order valence-corrected chi connectivity index (χ0v) is 21.4. The monoisotopic (exact) mass is 445 g/mol. The van der Waals surface area contributed by atoms with Crippen LogP contribution in [0.3, 0.4) is 0 Å². The number of aryl methyl sites for hydroxylation is 1. The van der Waals surface area contributed by atoms with E-state index >= 15 is 4.39 Å². The molecule has 1 atom stereocenters. The lowest BCUT2D eigenvalue weighted by Crippen LogP contribution is -2.25. The highest BCUT2D eigenvalue weighted by molar-refractivity contribution is 5.36. The summed E-state index contributed by atoms with van der Waals surface area (Å²) in [6.07, 6.45) is 9.99. The van der Waals surface area contributed by atoms with Crippen molar-refractivity contribution in [2.24, 2.45) is 11.3 Å². The van der Waals surface area contributed by atoms with E-state index in [0.717, 1.165) is 37.1 Å². The Morgan fingerprint density at radius 3 is 2.09 bits per heavy atom. The average Bonchev–Trinajstić information content (AvgIpc) is 2.74. The summed E-state index contributed by atoms with van der Waals surface area (Å²) in [6.45, 7) is 20.6. The van der Waals surface area contributed by atoms with E-state index in [4.69, 9.17) is 0 Å². The van der Waals surface area contributed by atoms with Crippen LogP contribution in [0, 0.1) is 23.0 Å². The largest absolute Gasteiger partial charge is 0.306 e. The van der Waals surface area contributed by atoms with Crippen molar-refractivity contribution in [3.63, 3.8) is 0 Å². The zero-order chi connectivity index (χ0) is 24.3. The maximum Gasteiger partial charge on any atom is 0.162 e. The molecule has 32 heavy (non-hydrogen) atoms. The molecule has 0 aliphatic carbocycles. The van der Waals surface area contributed by atoms with Gasteiger partial charge in [0.15, 0.2) is 11.6 Å². The van der Waals surface area contributed by atoms with Gasteiger partial charge in [-0.25, -0.2) is 8.78 Å². The quantitative estimate of drug-likeness (QED) is 0.206. The van der Waals surface area contributed by atoms with Gasteiger partial charge in [0.25, 0.3) is 0 Å². The normalized spacial score (nSPS) is 13.8. The average molecular weight is 446 g/mol. The van der Waals surface area contributed by atoms with E-state index < -0.39 is 11.6 Å². The maximum atomic E-state index is 15.1. The molecular formula is C29H45F2N. The summed E-state index contributed by atoms with van der Waals surface area (Å²) in [5, 5.41) is 0. The van der Waals surface area contributed by atoms with Gasteiger partial charge in [-0.05, 0) is 85.8 Å². The first kappa shape index (κ1) is 28.3. The van der Waals surface area contributed by atoms with Crippen LogP contribution < -0.4 is 0 Å². The smallest absolute Gasteiger partial charge is 0.162 e. The second-order valence-corrected chi connectivity index (χ2v) is 9.99. The van der Waals surface area contributed by atoms with Crippen molar-refractivity contribution in [1.29, 1.82) is 0 Å². The number of hydrogen-bond acceptors (Lipinski definition) is 1. The van der Waals surface area contributed by atoms with Gasteiger partial charge in [-0.15, -0.1) is 0 Å². The van der Waals surface area contributed by atoms with Crippen LogP contribution in [0.2, 0.25) is 0 Å². The summed E-state index contributed by atoms with van der Waals surface area (Å²) in [6, 6.07) is 3.55. The van der Waals surface area contributed by atoms with E-state index in [1.807, 2.05) is 12.2 Å². The van der Waals surface area contributed by atoms with Gasteiger partial charge in [0.1, 0.15) is 0 Å².